The summed E-state index contributed by atoms with van der Waals surface area (Å²) in [5, 5.41) is 12.6. The SMILES string of the molecule is N#C[C@@H](C(=O)/C=C/c1ccc(Cl)cc1)C(=O)NC1CCCCC1. The lowest BCUT2D eigenvalue weighted by Crippen LogP contribution is -2.41. The van der Waals surface area contributed by atoms with Crippen LogP contribution in [-0.2, 0) is 9.59 Å². The smallest absolute Gasteiger partial charge is 0.245 e. The van der Waals surface area contributed by atoms with Crippen LogP contribution >= 0.6 is 11.6 Å². The van der Waals surface area contributed by atoms with Gasteiger partial charge in [0.05, 0.1) is 6.07 Å². The molecule has 4 nitrogen and oxygen atoms in total. The number of carbonyl (C=O) groups excluding carboxylic acids is 2. The van der Waals surface area contributed by atoms with E-state index in [1.165, 1.54) is 12.5 Å². The Morgan fingerprint density at radius 3 is 2.48 bits per heavy atom. The fraction of sp³-hybridized carbons (Fsp3) is 0.389. The molecule has 1 aliphatic rings. The second kappa shape index (κ2) is 8.50. The molecule has 0 saturated heterocycles. The lowest BCUT2D eigenvalue weighted by atomic mass is 9.94. The van der Waals surface area contributed by atoms with Gasteiger partial charge in [0.2, 0.25) is 5.91 Å². The van der Waals surface area contributed by atoms with E-state index in [9.17, 15) is 9.59 Å². The summed E-state index contributed by atoms with van der Waals surface area (Å²) in [6.45, 7) is 0. The Morgan fingerprint density at radius 2 is 1.87 bits per heavy atom. The van der Waals surface area contributed by atoms with E-state index in [2.05, 4.69) is 5.32 Å². The largest absolute Gasteiger partial charge is 0.352 e. The Bertz CT molecular complexity index is 625. The highest BCUT2D eigenvalue weighted by Crippen LogP contribution is 2.18. The highest BCUT2D eigenvalue weighted by atomic mass is 35.5. The number of nitriles is 1. The number of hydrogen-bond acceptors (Lipinski definition) is 3. The summed E-state index contributed by atoms with van der Waals surface area (Å²) in [5.74, 6) is -2.29. The second-order valence-electron chi connectivity index (χ2n) is 5.69. The summed E-state index contributed by atoms with van der Waals surface area (Å²) >= 11 is 5.79. The van der Waals surface area contributed by atoms with Crippen LogP contribution in [0.3, 0.4) is 0 Å². The Balaban J connectivity index is 1.95. The van der Waals surface area contributed by atoms with Crippen molar-refractivity contribution in [2.45, 2.75) is 38.1 Å². The normalized spacial score (nSPS) is 16.7. The molecule has 1 atom stereocenters. The summed E-state index contributed by atoms with van der Waals surface area (Å²) < 4.78 is 0. The maximum absolute atomic E-state index is 12.1. The summed E-state index contributed by atoms with van der Waals surface area (Å²) in [6.07, 6.45) is 8.02. The molecule has 120 valence electrons. The molecule has 1 aromatic rings. The van der Waals surface area contributed by atoms with Gasteiger partial charge in [0.1, 0.15) is 0 Å². The molecule has 0 heterocycles. The van der Waals surface area contributed by atoms with E-state index in [1.807, 2.05) is 0 Å². The maximum Gasteiger partial charge on any atom is 0.245 e. The standard InChI is InChI=1S/C18H19ClN2O2/c19-14-9-6-13(7-10-14)8-11-17(22)16(12-20)18(23)21-15-4-2-1-3-5-15/h6-11,15-16H,1-5H2,(H,21,23)/b11-8+/t16-/m0/s1. The number of ketones is 1. The molecule has 1 saturated carbocycles. The first-order chi connectivity index (χ1) is 11.1. The van der Waals surface area contributed by atoms with E-state index in [1.54, 1.807) is 36.4 Å². The van der Waals surface area contributed by atoms with Crippen molar-refractivity contribution in [1.29, 1.82) is 5.26 Å². The van der Waals surface area contributed by atoms with Gasteiger partial charge in [0.15, 0.2) is 11.7 Å². The molecule has 0 radical (unpaired) electrons. The van der Waals surface area contributed by atoms with Crippen LogP contribution in [0.25, 0.3) is 6.08 Å². The number of amides is 1. The first kappa shape index (κ1) is 17.2. The number of nitrogens with one attached hydrogen (secondary N) is 1. The fourth-order valence-electron chi connectivity index (χ4n) is 2.63. The molecule has 0 spiro atoms. The molecular formula is C18H19ClN2O2. The first-order valence-corrected chi connectivity index (χ1v) is 8.15. The predicted molar refractivity (Wildman–Crippen MR) is 89.6 cm³/mol. The van der Waals surface area contributed by atoms with Crippen LogP contribution < -0.4 is 5.32 Å². The molecule has 23 heavy (non-hydrogen) atoms. The van der Waals surface area contributed by atoms with Gasteiger partial charge in [-0.15, -0.1) is 0 Å². The zero-order chi connectivity index (χ0) is 16.7. The van der Waals surface area contributed by atoms with Crippen LogP contribution in [0.1, 0.15) is 37.7 Å². The van der Waals surface area contributed by atoms with Crippen LogP contribution in [-0.4, -0.2) is 17.7 Å². The second-order valence-corrected chi connectivity index (χ2v) is 6.13. The molecule has 2 rings (SSSR count). The summed E-state index contributed by atoms with van der Waals surface area (Å²) in [5.41, 5.74) is 0.784. The molecule has 0 aliphatic heterocycles. The fourth-order valence-corrected chi connectivity index (χ4v) is 2.76. The summed E-state index contributed by atoms with van der Waals surface area (Å²) in [4.78, 5) is 24.2. The van der Waals surface area contributed by atoms with E-state index in [0.717, 1.165) is 31.2 Å². The van der Waals surface area contributed by atoms with E-state index in [0.29, 0.717) is 5.02 Å². The first-order valence-electron chi connectivity index (χ1n) is 7.77. The van der Waals surface area contributed by atoms with Crippen LogP contribution in [0.15, 0.2) is 30.3 Å². The number of benzene rings is 1. The third-order valence-corrected chi connectivity index (χ3v) is 4.19. The zero-order valence-corrected chi connectivity index (χ0v) is 13.6. The molecular weight excluding hydrogens is 312 g/mol. The van der Waals surface area contributed by atoms with E-state index >= 15 is 0 Å². The average Bonchev–Trinajstić information content (AvgIpc) is 2.56. The van der Waals surface area contributed by atoms with Gasteiger partial charge in [-0.05, 0) is 36.6 Å². The van der Waals surface area contributed by atoms with Crippen molar-refractivity contribution in [3.63, 3.8) is 0 Å². The van der Waals surface area contributed by atoms with Gasteiger partial charge in [0, 0.05) is 11.1 Å². The molecule has 0 aromatic heterocycles. The van der Waals surface area contributed by atoms with Gasteiger partial charge in [-0.1, -0.05) is 49.1 Å². The third-order valence-electron chi connectivity index (χ3n) is 3.94. The van der Waals surface area contributed by atoms with Crippen LogP contribution in [0.4, 0.5) is 0 Å². The number of hydrogen-bond donors (Lipinski definition) is 1. The molecule has 5 heteroatoms. The monoisotopic (exact) mass is 330 g/mol. The topological polar surface area (TPSA) is 70.0 Å². The van der Waals surface area contributed by atoms with Gasteiger partial charge < -0.3 is 5.32 Å². The molecule has 0 bridgehead atoms. The van der Waals surface area contributed by atoms with Crippen LogP contribution in [0.5, 0.6) is 0 Å². The highest BCUT2D eigenvalue weighted by molar-refractivity contribution is 6.30. The number of carbonyl (C=O) groups is 2. The molecule has 1 amide bonds. The Morgan fingerprint density at radius 1 is 1.22 bits per heavy atom. The Labute approximate surface area is 141 Å². The van der Waals surface area contributed by atoms with Gasteiger partial charge in [0.25, 0.3) is 0 Å². The van der Waals surface area contributed by atoms with Crippen molar-refractivity contribution < 1.29 is 9.59 Å². The van der Waals surface area contributed by atoms with Crippen molar-refractivity contribution >= 4 is 29.4 Å². The maximum atomic E-state index is 12.1. The van der Waals surface area contributed by atoms with Gasteiger partial charge in [-0.25, -0.2) is 0 Å². The van der Waals surface area contributed by atoms with Crippen LogP contribution in [0, 0.1) is 17.2 Å². The minimum absolute atomic E-state index is 0.0835. The lowest BCUT2D eigenvalue weighted by Gasteiger charge is -2.23. The molecule has 0 unspecified atom stereocenters. The lowest BCUT2D eigenvalue weighted by molar-refractivity contribution is -0.130. The zero-order valence-electron chi connectivity index (χ0n) is 12.8. The van der Waals surface area contributed by atoms with E-state index < -0.39 is 17.6 Å². The van der Waals surface area contributed by atoms with Crippen LogP contribution in [0.2, 0.25) is 5.02 Å². The van der Waals surface area contributed by atoms with Crippen molar-refractivity contribution in [3.8, 4) is 6.07 Å². The number of rotatable bonds is 5. The summed E-state index contributed by atoms with van der Waals surface area (Å²) in [7, 11) is 0. The van der Waals surface area contributed by atoms with Crippen molar-refractivity contribution in [3.05, 3.63) is 40.9 Å². The number of nitrogens with zero attached hydrogens (tertiary/aromatic N) is 1. The Kier molecular flexibility index (Phi) is 6.37. The van der Waals surface area contributed by atoms with Gasteiger partial charge in [-0.3, -0.25) is 9.59 Å². The quantitative estimate of drug-likeness (QED) is 0.663. The number of allylic oxidation sites excluding steroid dienone is 1. The average molecular weight is 331 g/mol. The number of halogens is 1. The van der Waals surface area contributed by atoms with Crippen molar-refractivity contribution in [2.24, 2.45) is 5.92 Å². The Hall–Kier alpha value is -2.12. The summed E-state index contributed by atoms with van der Waals surface area (Å²) in [6, 6.07) is 8.83. The molecule has 1 N–H and O–H groups in total. The third kappa shape index (κ3) is 5.22. The van der Waals surface area contributed by atoms with Gasteiger partial charge >= 0.3 is 0 Å². The molecule has 1 aromatic carbocycles. The minimum atomic E-state index is -1.29. The van der Waals surface area contributed by atoms with E-state index in [-0.39, 0.29) is 6.04 Å². The molecule has 1 fully saturated rings. The van der Waals surface area contributed by atoms with Crippen molar-refractivity contribution in [2.75, 3.05) is 0 Å². The minimum Gasteiger partial charge on any atom is -0.352 e. The van der Waals surface area contributed by atoms with E-state index in [4.69, 9.17) is 16.9 Å². The van der Waals surface area contributed by atoms with Crippen molar-refractivity contribution in [1.82, 2.24) is 5.32 Å². The highest BCUT2D eigenvalue weighted by Gasteiger charge is 2.27. The predicted octanol–water partition coefficient (Wildman–Crippen LogP) is 3.51. The van der Waals surface area contributed by atoms with Gasteiger partial charge in [-0.2, -0.15) is 5.26 Å². The molecule has 1 aliphatic carbocycles.